The molecule has 14 heteroatoms. The number of amidine groups is 1. The van der Waals surface area contributed by atoms with Gasteiger partial charge in [-0.2, -0.15) is 5.10 Å². The Morgan fingerprint density at radius 1 is 1.11 bits per heavy atom. The van der Waals surface area contributed by atoms with E-state index in [9.17, 15) is 19.2 Å². The van der Waals surface area contributed by atoms with E-state index in [0.717, 1.165) is 40.6 Å². The molecule has 14 nitrogen and oxygen atoms in total. The molecule has 2 amide bonds. The summed E-state index contributed by atoms with van der Waals surface area (Å²) < 4.78 is 3.76. The van der Waals surface area contributed by atoms with Gasteiger partial charge in [0, 0.05) is 62.2 Å². The van der Waals surface area contributed by atoms with Gasteiger partial charge >= 0.3 is 5.69 Å². The average Bonchev–Trinajstić information content (AvgIpc) is 3.68. The number of hydrogen-bond acceptors (Lipinski definition) is 6. The molecule has 0 saturated carbocycles. The van der Waals surface area contributed by atoms with Gasteiger partial charge < -0.3 is 16.0 Å². The summed E-state index contributed by atoms with van der Waals surface area (Å²) in [7, 11) is 1.67. The van der Waals surface area contributed by atoms with Gasteiger partial charge in [-0.25, -0.2) is 14.4 Å². The first kappa shape index (κ1) is 33.0. The molecule has 3 aromatic rings. The largest absolute Gasteiger partial charge is 0.379 e. The first-order valence-corrected chi connectivity index (χ1v) is 15.6. The molecular formula is C33H41N10O4+. The van der Waals surface area contributed by atoms with Gasteiger partial charge in [-0.15, -0.1) is 0 Å². The number of benzene rings is 1. The lowest BCUT2D eigenvalue weighted by Crippen LogP contribution is -2.82. The maximum Gasteiger partial charge on any atom is 0.336 e. The predicted molar refractivity (Wildman–Crippen MR) is 179 cm³/mol. The maximum atomic E-state index is 13.4. The topological polar surface area (TPSA) is 190 Å². The molecular weight excluding hydrogens is 600 g/mol. The Labute approximate surface area is 271 Å². The van der Waals surface area contributed by atoms with E-state index in [4.69, 9.17) is 11.1 Å². The van der Waals surface area contributed by atoms with Gasteiger partial charge in [0.15, 0.2) is 11.5 Å². The molecule has 6 N–H and O–H groups in total. The molecule has 0 bridgehead atoms. The van der Waals surface area contributed by atoms with E-state index in [1.54, 1.807) is 33.0 Å². The standard InChI is InChI=1S/C33H40N10O4/c1-19(2)31(45)41-12-10-22(11-13-41)27-14-25(28(39-27)29(35)36-18-34)21-6-8-23(9-7-21)38-30(44)26-17-42(20(3)4)33(47)43(32(26)46)24-15-37-40(5)16-24/h6-9,14-20,22,39H,10-13H2,1-5H3,(H,38,44)(H3,34,35,36)/p+1. The molecule has 0 unspecified atom stereocenters. The first-order chi connectivity index (χ1) is 22.4. The highest BCUT2D eigenvalue weighted by Gasteiger charge is 2.33. The van der Waals surface area contributed by atoms with Crippen LogP contribution in [0, 0.1) is 17.2 Å². The Hall–Kier alpha value is -5.37. The number of nitrogens with zero attached hydrogens (tertiary/aromatic N) is 6. The summed E-state index contributed by atoms with van der Waals surface area (Å²) in [4.78, 5) is 58.4. The van der Waals surface area contributed by atoms with Gasteiger partial charge in [0.1, 0.15) is 17.6 Å². The van der Waals surface area contributed by atoms with Crippen molar-refractivity contribution in [2.24, 2.45) is 29.6 Å². The second kappa shape index (κ2) is 13.5. The van der Waals surface area contributed by atoms with Crippen LogP contribution in [-0.4, -0.2) is 60.9 Å². The van der Waals surface area contributed by atoms with Crippen LogP contribution in [0.2, 0.25) is 0 Å². The van der Waals surface area contributed by atoms with Crippen LogP contribution in [0.15, 0.2) is 74.9 Å². The molecule has 5 rings (SSSR count). The van der Waals surface area contributed by atoms with Gasteiger partial charge in [-0.05, 0) is 44.4 Å². The molecule has 2 aliphatic rings. The van der Waals surface area contributed by atoms with Crippen LogP contribution in [0.4, 0.5) is 5.69 Å². The average molecular weight is 642 g/mol. The van der Waals surface area contributed by atoms with Crippen LogP contribution in [0.25, 0.3) is 11.3 Å². The van der Waals surface area contributed by atoms with Crippen molar-refractivity contribution < 1.29 is 14.9 Å². The van der Waals surface area contributed by atoms with E-state index in [1.165, 1.54) is 27.8 Å². The fourth-order valence-corrected chi connectivity index (χ4v) is 5.94. The summed E-state index contributed by atoms with van der Waals surface area (Å²) in [6, 6.07) is 6.81. The molecule has 2 aliphatic heterocycles. The number of quaternary nitrogens is 1. The summed E-state index contributed by atoms with van der Waals surface area (Å²) in [5.74, 6) is -0.0571. The normalized spacial score (nSPS) is 15.9. The Bertz CT molecular complexity index is 1920. The van der Waals surface area contributed by atoms with E-state index in [1.807, 2.05) is 36.2 Å². The molecule has 1 fully saturated rings. The third kappa shape index (κ3) is 6.77. The molecule has 1 saturated heterocycles. The number of carbonyl (C=O) groups excluding carboxylic acids is 2. The molecule has 0 atom stereocenters. The second-order valence-electron chi connectivity index (χ2n) is 12.4. The number of carbonyl (C=O) groups is 2. The molecule has 1 aromatic carbocycles. The Balaban J connectivity index is 1.40. The van der Waals surface area contributed by atoms with Crippen molar-refractivity contribution in [2.45, 2.75) is 46.6 Å². The summed E-state index contributed by atoms with van der Waals surface area (Å²) in [6.45, 7) is 8.80. The number of rotatable bonds is 9. The van der Waals surface area contributed by atoms with Crippen LogP contribution in [0.3, 0.4) is 0 Å². The number of anilines is 1. The number of allylic oxidation sites excluding steroid dienone is 3. The minimum atomic E-state index is -0.747. The number of nitrogens with two attached hydrogens (primary N) is 2. The fraction of sp³-hybridized carbons (Fsp3) is 0.364. The number of amides is 2. The lowest BCUT2D eigenvalue weighted by Gasteiger charge is -2.32. The number of nitrogens with one attached hydrogen (secondary N) is 2. The van der Waals surface area contributed by atoms with Crippen molar-refractivity contribution in [3.63, 3.8) is 0 Å². The van der Waals surface area contributed by atoms with Crippen molar-refractivity contribution in [2.75, 3.05) is 18.4 Å². The minimum absolute atomic E-state index is 0.0334. The van der Waals surface area contributed by atoms with E-state index < -0.39 is 17.2 Å². The van der Waals surface area contributed by atoms with Gasteiger partial charge in [-0.1, -0.05) is 26.0 Å². The van der Waals surface area contributed by atoms with Crippen LogP contribution >= 0.6 is 0 Å². The van der Waals surface area contributed by atoms with Crippen molar-refractivity contribution in [1.82, 2.24) is 23.8 Å². The number of hydrogen-bond donors (Lipinski definition) is 4. The zero-order chi connectivity index (χ0) is 34.0. The van der Waals surface area contributed by atoms with Gasteiger partial charge in [0.05, 0.1) is 17.5 Å². The van der Waals surface area contributed by atoms with Crippen molar-refractivity contribution in [1.29, 1.82) is 5.41 Å². The van der Waals surface area contributed by atoms with Crippen LogP contribution in [0.1, 0.15) is 62.5 Å². The number of piperidine rings is 1. The second-order valence-corrected chi connectivity index (χ2v) is 12.4. The van der Waals surface area contributed by atoms with Gasteiger partial charge in [0.25, 0.3) is 11.5 Å². The van der Waals surface area contributed by atoms with E-state index in [2.05, 4.69) is 21.5 Å². The summed E-state index contributed by atoms with van der Waals surface area (Å²) in [6.07, 6.45) is 8.88. The maximum absolute atomic E-state index is 13.4. The zero-order valence-electron chi connectivity index (χ0n) is 27.2. The fourth-order valence-electron chi connectivity index (χ4n) is 5.94. The van der Waals surface area contributed by atoms with Crippen LogP contribution in [-0.2, 0) is 11.8 Å². The van der Waals surface area contributed by atoms with Crippen LogP contribution in [0.5, 0.6) is 0 Å². The molecule has 0 spiro atoms. The third-order valence-electron chi connectivity index (χ3n) is 8.48. The van der Waals surface area contributed by atoms with Crippen LogP contribution < -0.4 is 27.6 Å². The molecule has 0 aliphatic carbocycles. The molecule has 4 heterocycles. The molecule has 0 radical (unpaired) electrons. The van der Waals surface area contributed by atoms with Crippen molar-refractivity contribution in [3.05, 3.63) is 92.3 Å². The highest BCUT2D eigenvalue weighted by Crippen LogP contribution is 2.30. The van der Waals surface area contributed by atoms with E-state index in [0.29, 0.717) is 24.5 Å². The zero-order valence-corrected chi connectivity index (χ0v) is 27.2. The highest BCUT2D eigenvalue weighted by atomic mass is 16.2. The lowest BCUT2D eigenvalue weighted by molar-refractivity contribution is -0.549. The monoisotopic (exact) mass is 641 g/mol. The van der Waals surface area contributed by atoms with Crippen molar-refractivity contribution in [3.8, 4) is 5.69 Å². The predicted octanol–water partition coefficient (Wildman–Crippen LogP) is 1.60. The number of aryl methyl sites for hydroxylation is 1. The van der Waals surface area contributed by atoms with E-state index >= 15 is 0 Å². The minimum Gasteiger partial charge on any atom is -0.379 e. The quantitative estimate of drug-likeness (QED) is 0.203. The Morgan fingerprint density at radius 2 is 1.79 bits per heavy atom. The lowest BCUT2D eigenvalue weighted by atomic mass is 9.92. The molecule has 2 aromatic heterocycles. The first-order valence-electron chi connectivity index (χ1n) is 15.6. The summed E-state index contributed by atoms with van der Waals surface area (Å²) in [5.41, 5.74) is 8.96. The molecule has 246 valence electrons. The SMILES string of the molecule is CC(C)C(=O)N1CCC(C2=CC(c3ccc(NC(=O)c4cn(C(C)C)c(=O)n(-c5cnn(C)c5)c4=O)cc3)=C(C(N)=NC=N)[NH2+]2)CC1. The number of aromatic nitrogens is 4. The summed E-state index contributed by atoms with van der Waals surface area (Å²) in [5, 5.41) is 16.3. The molecule has 47 heavy (non-hydrogen) atoms. The highest BCUT2D eigenvalue weighted by molar-refractivity contribution is 6.07. The third-order valence-corrected chi connectivity index (χ3v) is 8.48. The van der Waals surface area contributed by atoms with Gasteiger partial charge in [-0.3, -0.25) is 34.4 Å². The number of aliphatic imine (C=N–C) groups is 1. The summed E-state index contributed by atoms with van der Waals surface area (Å²) >= 11 is 0. The smallest absolute Gasteiger partial charge is 0.336 e. The van der Waals surface area contributed by atoms with Gasteiger partial charge in [0.2, 0.25) is 5.91 Å². The number of likely N-dealkylation sites (tertiary alicyclic amines) is 1. The van der Waals surface area contributed by atoms with E-state index in [-0.39, 0.29) is 40.9 Å². The Morgan fingerprint density at radius 3 is 2.36 bits per heavy atom. The van der Waals surface area contributed by atoms with Crippen molar-refractivity contribution >= 4 is 35.2 Å². The Kier molecular flexibility index (Phi) is 9.51.